The second kappa shape index (κ2) is 4.75. The highest BCUT2D eigenvalue weighted by Gasteiger charge is 2.29. The summed E-state index contributed by atoms with van der Waals surface area (Å²) in [5, 5.41) is 3.51. The molecule has 1 aromatic rings. The number of nitrogens with one attached hydrogen (secondary N) is 1. The Labute approximate surface area is 90.7 Å². The summed E-state index contributed by atoms with van der Waals surface area (Å²) in [7, 11) is 0. The molecule has 1 nitrogen and oxygen atoms in total. The van der Waals surface area contributed by atoms with Crippen LogP contribution < -0.4 is 5.32 Å². The molecule has 1 unspecified atom stereocenters. The van der Waals surface area contributed by atoms with Crippen molar-refractivity contribution in [2.24, 2.45) is 5.92 Å². The van der Waals surface area contributed by atoms with Gasteiger partial charge in [0.05, 0.1) is 0 Å². The van der Waals surface area contributed by atoms with E-state index in [-0.39, 0.29) is 5.82 Å². The van der Waals surface area contributed by atoms with Gasteiger partial charge in [-0.15, -0.1) is 0 Å². The van der Waals surface area contributed by atoms with E-state index in [1.807, 2.05) is 6.07 Å². The topological polar surface area (TPSA) is 12.0 Å². The van der Waals surface area contributed by atoms with Crippen LogP contribution >= 0.6 is 0 Å². The summed E-state index contributed by atoms with van der Waals surface area (Å²) in [6, 6.07) is 7.45. The van der Waals surface area contributed by atoms with Crippen LogP contribution in [-0.4, -0.2) is 6.04 Å². The molecule has 1 saturated carbocycles. The molecule has 0 saturated heterocycles. The summed E-state index contributed by atoms with van der Waals surface area (Å²) in [5.41, 5.74) is 1.04. The third kappa shape index (κ3) is 3.03. The maximum Gasteiger partial charge on any atom is 0.123 e. The van der Waals surface area contributed by atoms with Gasteiger partial charge in [-0.25, -0.2) is 4.39 Å². The van der Waals surface area contributed by atoms with Crippen LogP contribution in [0.15, 0.2) is 24.3 Å². The van der Waals surface area contributed by atoms with E-state index in [1.165, 1.54) is 25.3 Å². The maximum absolute atomic E-state index is 12.9. The van der Waals surface area contributed by atoms with Gasteiger partial charge in [0.25, 0.3) is 0 Å². The minimum absolute atomic E-state index is 0.145. The van der Waals surface area contributed by atoms with Gasteiger partial charge in [0.1, 0.15) is 5.82 Å². The molecule has 0 radical (unpaired) electrons. The van der Waals surface area contributed by atoms with Crippen molar-refractivity contribution in [2.75, 3.05) is 0 Å². The second-order valence-electron chi connectivity index (χ2n) is 4.36. The Bertz CT molecular complexity index is 320. The molecule has 1 aliphatic carbocycles. The Hall–Kier alpha value is -0.890. The summed E-state index contributed by atoms with van der Waals surface area (Å²) >= 11 is 0. The van der Waals surface area contributed by atoms with Crippen LogP contribution in [0.1, 0.15) is 31.7 Å². The lowest BCUT2D eigenvalue weighted by Gasteiger charge is -2.15. The molecule has 1 aliphatic rings. The highest BCUT2D eigenvalue weighted by Crippen LogP contribution is 2.33. The number of benzene rings is 1. The fourth-order valence-electron chi connectivity index (χ4n) is 2.04. The van der Waals surface area contributed by atoms with Gasteiger partial charge >= 0.3 is 0 Å². The van der Waals surface area contributed by atoms with Gasteiger partial charge < -0.3 is 5.32 Å². The molecule has 0 heterocycles. The van der Waals surface area contributed by atoms with Crippen molar-refractivity contribution in [1.29, 1.82) is 0 Å². The normalized spacial score (nSPS) is 17.7. The monoisotopic (exact) mass is 207 g/mol. The molecule has 1 aromatic carbocycles. The first-order chi connectivity index (χ1) is 7.29. The number of halogens is 1. The van der Waals surface area contributed by atoms with Crippen LogP contribution in [0.5, 0.6) is 0 Å². The quantitative estimate of drug-likeness (QED) is 0.782. The van der Waals surface area contributed by atoms with Crippen LogP contribution in [0.2, 0.25) is 0 Å². The van der Waals surface area contributed by atoms with Crippen molar-refractivity contribution in [2.45, 2.75) is 38.8 Å². The molecule has 2 rings (SSSR count). The molecule has 2 heteroatoms. The lowest BCUT2D eigenvalue weighted by molar-refractivity contribution is 0.448. The highest BCUT2D eigenvalue weighted by molar-refractivity contribution is 5.16. The summed E-state index contributed by atoms with van der Waals surface area (Å²) in [4.78, 5) is 0. The molecule has 0 amide bonds. The van der Waals surface area contributed by atoms with Crippen molar-refractivity contribution in [3.63, 3.8) is 0 Å². The maximum atomic E-state index is 12.9. The van der Waals surface area contributed by atoms with E-state index in [4.69, 9.17) is 0 Å². The molecule has 1 fully saturated rings. The minimum Gasteiger partial charge on any atom is -0.310 e. The van der Waals surface area contributed by atoms with Gasteiger partial charge in [-0.2, -0.15) is 0 Å². The summed E-state index contributed by atoms with van der Waals surface area (Å²) in [5.74, 6) is 0.720. The number of hydrogen-bond donors (Lipinski definition) is 1. The smallest absolute Gasteiger partial charge is 0.123 e. The minimum atomic E-state index is -0.145. The Morgan fingerprint density at radius 1 is 1.47 bits per heavy atom. The second-order valence-corrected chi connectivity index (χ2v) is 4.36. The Kier molecular flexibility index (Phi) is 3.37. The highest BCUT2D eigenvalue weighted by atomic mass is 19.1. The molecular weight excluding hydrogens is 189 g/mol. The molecule has 1 atom stereocenters. The van der Waals surface area contributed by atoms with Crippen molar-refractivity contribution in [3.05, 3.63) is 35.6 Å². The van der Waals surface area contributed by atoms with Gasteiger partial charge in [0, 0.05) is 12.6 Å². The Morgan fingerprint density at radius 2 is 2.27 bits per heavy atom. The average Bonchev–Trinajstić information content (AvgIpc) is 3.03. The predicted octanol–water partition coefficient (Wildman–Crippen LogP) is 3.10. The van der Waals surface area contributed by atoms with Crippen LogP contribution in [0.4, 0.5) is 4.39 Å². The summed E-state index contributed by atoms with van der Waals surface area (Å²) in [6.07, 6.45) is 3.88. The van der Waals surface area contributed by atoms with E-state index in [2.05, 4.69) is 12.2 Å². The Morgan fingerprint density at radius 3 is 2.87 bits per heavy atom. The molecule has 82 valence electrons. The summed E-state index contributed by atoms with van der Waals surface area (Å²) in [6.45, 7) is 2.99. The van der Waals surface area contributed by atoms with Crippen LogP contribution in [0.3, 0.4) is 0 Å². The van der Waals surface area contributed by atoms with Crippen LogP contribution in [-0.2, 0) is 6.54 Å². The van der Waals surface area contributed by atoms with Crippen molar-refractivity contribution in [3.8, 4) is 0 Å². The zero-order valence-corrected chi connectivity index (χ0v) is 9.17. The van der Waals surface area contributed by atoms with Gasteiger partial charge in [-0.3, -0.25) is 0 Å². The number of rotatable bonds is 5. The van der Waals surface area contributed by atoms with E-state index in [9.17, 15) is 4.39 Å². The average molecular weight is 207 g/mol. The van der Waals surface area contributed by atoms with Gasteiger partial charge in [0.2, 0.25) is 0 Å². The lowest BCUT2D eigenvalue weighted by atomic mass is 10.1. The largest absolute Gasteiger partial charge is 0.310 e. The first-order valence-corrected chi connectivity index (χ1v) is 5.77. The van der Waals surface area contributed by atoms with E-state index in [0.717, 1.165) is 18.0 Å². The lowest BCUT2D eigenvalue weighted by Crippen LogP contribution is -2.29. The fourth-order valence-corrected chi connectivity index (χ4v) is 2.04. The standard InChI is InChI=1S/C13H18FN/c1-2-13(11-6-7-11)15-9-10-4-3-5-12(14)8-10/h3-5,8,11,13,15H,2,6-7,9H2,1H3. The van der Waals surface area contributed by atoms with Gasteiger partial charge in [-0.05, 0) is 42.9 Å². The van der Waals surface area contributed by atoms with Crippen molar-refractivity contribution >= 4 is 0 Å². The third-order valence-electron chi connectivity index (χ3n) is 3.09. The molecule has 0 aliphatic heterocycles. The molecule has 0 bridgehead atoms. The molecule has 15 heavy (non-hydrogen) atoms. The predicted molar refractivity (Wildman–Crippen MR) is 60.0 cm³/mol. The molecule has 0 aromatic heterocycles. The zero-order valence-electron chi connectivity index (χ0n) is 9.17. The fraction of sp³-hybridized carbons (Fsp3) is 0.538. The van der Waals surface area contributed by atoms with Gasteiger partial charge in [-0.1, -0.05) is 19.1 Å². The Balaban J connectivity index is 1.86. The van der Waals surface area contributed by atoms with Crippen molar-refractivity contribution < 1.29 is 4.39 Å². The number of hydrogen-bond acceptors (Lipinski definition) is 1. The molecule has 0 spiro atoms. The first-order valence-electron chi connectivity index (χ1n) is 5.77. The molecular formula is C13H18FN. The van der Waals surface area contributed by atoms with E-state index in [0.29, 0.717) is 6.04 Å². The van der Waals surface area contributed by atoms with Gasteiger partial charge in [0.15, 0.2) is 0 Å². The van der Waals surface area contributed by atoms with Crippen molar-refractivity contribution in [1.82, 2.24) is 5.32 Å². The van der Waals surface area contributed by atoms with Crippen LogP contribution in [0.25, 0.3) is 0 Å². The van der Waals surface area contributed by atoms with E-state index >= 15 is 0 Å². The first kappa shape index (κ1) is 10.6. The summed E-state index contributed by atoms with van der Waals surface area (Å²) < 4.78 is 12.9. The molecule has 1 N–H and O–H groups in total. The third-order valence-corrected chi connectivity index (χ3v) is 3.09. The van der Waals surface area contributed by atoms with E-state index < -0.39 is 0 Å². The van der Waals surface area contributed by atoms with Crippen LogP contribution in [0, 0.1) is 11.7 Å². The zero-order chi connectivity index (χ0) is 10.7. The van der Waals surface area contributed by atoms with E-state index in [1.54, 1.807) is 12.1 Å². The SMILES string of the molecule is CCC(NCc1cccc(F)c1)C1CC1.